The number of carbonyl (C=O) groups is 1. The molecule has 1 amide bonds. The molecular weight excluding hydrogens is 294 g/mol. The lowest BCUT2D eigenvalue weighted by Crippen LogP contribution is -2.09. The molecule has 0 aliphatic carbocycles. The first-order valence-electron chi connectivity index (χ1n) is 7.49. The first kappa shape index (κ1) is 15.2. The summed E-state index contributed by atoms with van der Waals surface area (Å²) in [5.74, 6) is 0. The lowest BCUT2D eigenvalue weighted by molar-refractivity contribution is -0.105. The van der Waals surface area contributed by atoms with Crippen LogP contribution in [0.1, 0.15) is 25.8 Å². The summed E-state index contributed by atoms with van der Waals surface area (Å²) in [7, 11) is 0. The Balaban J connectivity index is 2.14. The Labute approximate surface area is 133 Å². The highest BCUT2D eigenvalue weighted by molar-refractivity contribution is 5.93. The van der Waals surface area contributed by atoms with Gasteiger partial charge in [-0.15, -0.1) is 0 Å². The number of aromatic nitrogens is 4. The van der Waals surface area contributed by atoms with E-state index in [1.165, 1.54) is 0 Å². The normalized spacial score (nSPS) is 12.5. The number of aryl methyl sites for hydroxylation is 1. The Hall–Kier alpha value is -2.67. The molecule has 7 nitrogen and oxygen atoms in total. The van der Waals surface area contributed by atoms with Gasteiger partial charge in [-0.3, -0.25) is 4.79 Å². The Morgan fingerprint density at radius 1 is 1.35 bits per heavy atom. The molecule has 0 bridgehead atoms. The molecule has 0 radical (unpaired) electrons. The predicted octanol–water partition coefficient (Wildman–Crippen LogP) is 2.63. The number of nitrogens with zero attached hydrogens (tertiary/aromatic N) is 4. The topological polar surface area (TPSA) is 73.5 Å². The quantitative estimate of drug-likeness (QED) is 0.710. The molecule has 1 atom stereocenters. The Morgan fingerprint density at radius 3 is 2.91 bits per heavy atom. The van der Waals surface area contributed by atoms with E-state index in [-0.39, 0.29) is 6.23 Å². The number of fused-ring (bicyclic) bond motifs is 1. The van der Waals surface area contributed by atoms with E-state index in [0.717, 1.165) is 22.3 Å². The second kappa shape index (κ2) is 6.21. The third kappa shape index (κ3) is 2.70. The van der Waals surface area contributed by atoms with Gasteiger partial charge in [0.15, 0.2) is 0 Å². The monoisotopic (exact) mass is 313 g/mol. The average Bonchev–Trinajstić information content (AvgIpc) is 3.15. The predicted molar refractivity (Wildman–Crippen MR) is 87.2 cm³/mol. The highest BCUT2D eigenvalue weighted by Crippen LogP contribution is 2.32. The summed E-state index contributed by atoms with van der Waals surface area (Å²) in [6.45, 7) is 6.49. The van der Waals surface area contributed by atoms with E-state index >= 15 is 0 Å². The van der Waals surface area contributed by atoms with Crippen molar-refractivity contribution in [2.45, 2.75) is 27.0 Å². The summed E-state index contributed by atoms with van der Waals surface area (Å²) in [5, 5.41) is 11.4. The second-order valence-electron chi connectivity index (χ2n) is 5.23. The van der Waals surface area contributed by atoms with E-state index in [1.54, 1.807) is 17.1 Å². The van der Waals surface area contributed by atoms with Crippen molar-refractivity contribution in [2.75, 3.05) is 11.9 Å². The van der Waals surface area contributed by atoms with Crippen LogP contribution in [0.5, 0.6) is 0 Å². The third-order valence-electron chi connectivity index (χ3n) is 3.76. The molecule has 7 heteroatoms. The van der Waals surface area contributed by atoms with Gasteiger partial charge in [0.25, 0.3) is 0 Å². The molecular formula is C16H19N5O2. The number of hydrogen-bond donors (Lipinski definition) is 1. The SMILES string of the molecule is CCOC(C)n1cc(-c2c(NC=O)cnn3c(C)ccc23)cn1. The molecule has 0 aromatic carbocycles. The van der Waals surface area contributed by atoms with Gasteiger partial charge in [-0.25, -0.2) is 9.20 Å². The number of ether oxygens (including phenoxy) is 1. The fourth-order valence-corrected chi connectivity index (χ4v) is 2.65. The van der Waals surface area contributed by atoms with Gasteiger partial charge in [0, 0.05) is 29.6 Å². The van der Waals surface area contributed by atoms with Crippen molar-refractivity contribution in [1.29, 1.82) is 0 Å². The van der Waals surface area contributed by atoms with Crippen molar-refractivity contribution < 1.29 is 9.53 Å². The maximum Gasteiger partial charge on any atom is 0.211 e. The molecule has 23 heavy (non-hydrogen) atoms. The lowest BCUT2D eigenvalue weighted by Gasteiger charge is -2.12. The number of carbonyl (C=O) groups excluding carboxylic acids is 1. The van der Waals surface area contributed by atoms with Crippen LogP contribution in [0.3, 0.4) is 0 Å². The van der Waals surface area contributed by atoms with Crippen molar-refractivity contribution in [3.05, 3.63) is 36.4 Å². The second-order valence-corrected chi connectivity index (χ2v) is 5.23. The zero-order chi connectivity index (χ0) is 16.4. The summed E-state index contributed by atoms with van der Waals surface area (Å²) in [5.41, 5.74) is 4.36. The van der Waals surface area contributed by atoms with Crippen molar-refractivity contribution in [2.24, 2.45) is 0 Å². The highest BCUT2D eigenvalue weighted by atomic mass is 16.5. The molecule has 1 unspecified atom stereocenters. The molecule has 3 heterocycles. The average molecular weight is 313 g/mol. The van der Waals surface area contributed by atoms with Crippen molar-refractivity contribution in [3.8, 4) is 11.1 Å². The molecule has 0 saturated heterocycles. The Kier molecular flexibility index (Phi) is 4.12. The molecule has 0 spiro atoms. The molecule has 1 N–H and O–H groups in total. The van der Waals surface area contributed by atoms with Crippen LogP contribution in [0, 0.1) is 6.92 Å². The number of anilines is 1. The minimum atomic E-state index is -0.150. The van der Waals surface area contributed by atoms with Gasteiger partial charge in [0.2, 0.25) is 6.41 Å². The van der Waals surface area contributed by atoms with E-state index < -0.39 is 0 Å². The Bertz CT molecular complexity index is 836. The van der Waals surface area contributed by atoms with Gasteiger partial charge < -0.3 is 10.1 Å². The van der Waals surface area contributed by atoms with E-state index in [9.17, 15) is 4.79 Å². The molecule has 0 aliphatic heterocycles. The maximum atomic E-state index is 10.9. The zero-order valence-corrected chi connectivity index (χ0v) is 13.4. The first-order valence-corrected chi connectivity index (χ1v) is 7.49. The molecule has 0 saturated carbocycles. The van der Waals surface area contributed by atoms with Gasteiger partial charge >= 0.3 is 0 Å². The van der Waals surface area contributed by atoms with Crippen LogP contribution in [-0.2, 0) is 9.53 Å². The number of nitrogens with one attached hydrogen (secondary N) is 1. The maximum absolute atomic E-state index is 10.9. The fourth-order valence-electron chi connectivity index (χ4n) is 2.65. The minimum absolute atomic E-state index is 0.150. The smallest absolute Gasteiger partial charge is 0.211 e. The Morgan fingerprint density at radius 2 is 2.17 bits per heavy atom. The van der Waals surface area contributed by atoms with E-state index in [0.29, 0.717) is 18.7 Å². The standard InChI is InChI=1S/C16H19N5O2/c1-4-23-12(3)20-9-13(7-18-20)16-14(17-10-22)8-19-21-11(2)5-6-15(16)21/h5-10,12H,4H2,1-3H3,(H,17,22). The largest absolute Gasteiger partial charge is 0.357 e. The van der Waals surface area contributed by atoms with Crippen molar-refractivity contribution in [1.82, 2.24) is 19.4 Å². The van der Waals surface area contributed by atoms with Gasteiger partial charge in [-0.05, 0) is 32.9 Å². The van der Waals surface area contributed by atoms with Crippen LogP contribution in [-0.4, -0.2) is 32.4 Å². The van der Waals surface area contributed by atoms with Crippen LogP contribution in [0.4, 0.5) is 5.69 Å². The van der Waals surface area contributed by atoms with Gasteiger partial charge in [-0.1, -0.05) is 0 Å². The van der Waals surface area contributed by atoms with Crippen molar-refractivity contribution >= 4 is 17.6 Å². The number of amides is 1. The number of hydrogen-bond acceptors (Lipinski definition) is 4. The van der Waals surface area contributed by atoms with E-state index in [4.69, 9.17) is 4.74 Å². The summed E-state index contributed by atoms with van der Waals surface area (Å²) in [6.07, 6.45) is 5.83. The van der Waals surface area contributed by atoms with Gasteiger partial charge in [-0.2, -0.15) is 10.2 Å². The first-order chi connectivity index (χ1) is 11.2. The highest BCUT2D eigenvalue weighted by Gasteiger charge is 2.15. The summed E-state index contributed by atoms with van der Waals surface area (Å²) in [4.78, 5) is 10.9. The summed E-state index contributed by atoms with van der Waals surface area (Å²) < 4.78 is 9.16. The summed E-state index contributed by atoms with van der Waals surface area (Å²) >= 11 is 0. The molecule has 3 rings (SSSR count). The summed E-state index contributed by atoms with van der Waals surface area (Å²) in [6, 6.07) is 3.97. The third-order valence-corrected chi connectivity index (χ3v) is 3.76. The van der Waals surface area contributed by atoms with Crippen LogP contribution >= 0.6 is 0 Å². The molecule has 3 aromatic heterocycles. The molecule has 0 fully saturated rings. The van der Waals surface area contributed by atoms with Crippen LogP contribution in [0.25, 0.3) is 16.6 Å². The van der Waals surface area contributed by atoms with Crippen LogP contribution < -0.4 is 5.32 Å². The van der Waals surface area contributed by atoms with Crippen molar-refractivity contribution in [3.63, 3.8) is 0 Å². The number of rotatable bonds is 6. The molecule has 3 aromatic rings. The van der Waals surface area contributed by atoms with Gasteiger partial charge in [0.05, 0.1) is 23.6 Å². The van der Waals surface area contributed by atoms with Crippen LogP contribution in [0.2, 0.25) is 0 Å². The zero-order valence-electron chi connectivity index (χ0n) is 13.4. The van der Waals surface area contributed by atoms with E-state index in [1.807, 2.05) is 43.6 Å². The molecule has 0 aliphatic rings. The minimum Gasteiger partial charge on any atom is -0.357 e. The lowest BCUT2D eigenvalue weighted by atomic mass is 10.1. The van der Waals surface area contributed by atoms with E-state index in [2.05, 4.69) is 15.5 Å². The van der Waals surface area contributed by atoms with Gasteiger partial charge in [0.1, 0.15) is 6.23 Å². The molecule has 120 valence electrons. The fraction of sp³-hybridized carbons (Fsp3) is 0.312. The van der Waals surface area contributed by atoms with Crippen LogP contribution in [0.15, 0.2) is 30.7 Å².